The molecule has 4 aromatic rings. The number of rotatable bonds is 8. The van der Waals surface area contributed by atoms with Crippen molar-refractivity contribution in [3.05, 3.63) is 82.3 Å². The molecule has 1 atom stereocenters. The van der Waals surface area contributed by atoms with Crippen LogP contribution in [0.4, 0.5) is 5.69 Å². The largest absolute Gasteiger partial charge is 0.497 e. The third-order valence-corrected chi connectivity index (χ3v) is 7.10. The first kappa shape index (κ1) is 22.4. The van der Waals surface area contributed by atoms with Crippen LogP contribution in [-0.2, 0) is 6.54 Å². The third-order valence-electron chi connectivity index (χ3n) is 6.24. The highest BCUT2D eigenvalue weighted by Crippen LogP contribution is 2.31. The van der Waals surface area contributed by atoms with Gasteiger partial charge in [0.05, 0.1) is 26.8 Å². The predicted octanol–water partition coefficient (Wildman–Crippen LogP) is 3.71. The number of tetrazole rings is 1. The van der Waals surface area contributed by atoms with Gasteiger partial charge in [0, 0.05) is 36.7 Å². The van der Waals surface area contributed by atoms with Crippen molar-refractivity contribution in [1.29, 1.82) is 0 Å². The standard InChI is InChI=1S/C25H28N6O2S/c1-32-21-9-5-19(6-10-21)24(25-26-27-28-31(25)18-23-4-3-17-34-23)30-15-13-29(14-16-30)20-7-11-22(33-2)12-8-20/h3-12,17,24H,13-16,18H2,1-2H3/t24-/m1/s1. The van der Waals surface area contributed by atoms with Crippen LogP contribution in [0.25, 0.3) is 0 Å². The molecule has 0 unspecified atom stereocenters. The Balaban J connectivity index is 1.40. The lowest BCUT2D eigenvalue weighted by atomic mass is 10.0. The third kappa shape index (κ3) is 4.76. The number of anilines is 1. The first-order valence-electron chi connectivity index (χ1n) is 11.3. The zero-order chi connectivity index (χ0) is 23.3. The number of hydrogen-bond donors (Lipinski definition) is 0. The summed E-state index contributed by atoms with van der Waals surface area (Å²) in [7, 11) is 3.38. The molecule has 5 rings (SSSR count). The minimum atomic E-state index is -0.0427. The van der Waals surface area contributed by atoms with Crippen LogP contribution < -0.4 is 14.4 Å². The van der Waals surface area contributed by atoms with E-state index in [4.69, 9.17) is 9.47 Å². The van der Waals surface area contributed by atoms with Crippen molar-refractivity contribution in [3.8, 4) is 11.5 Å². The van der Waals surface area contributed by atoms with Crippen molar-refractivity contribution in [1.82, 2.24) is 25.1 Å². The maximum Gasteiger partial charge on any atom is 0.173 e. The Morgan fingerprint density at radius 1 is 0.882 bits per heavy atom. The van der Waals surface area contributed by atoms with Crippen molar-refractivity contribution in [2.24, 2.45) is 0 Å². The first-order chi connectivity index (χ1) is 16.7. The number of benzene rings is 2. The summed E-state index contributed by atoms with van der Waals surface area (Å²) in [6, 6.07) is 20.6. The summed E-state index contributed by atoms with van der Waals surface area (Å²) < 4.78 is 12.6. The second-order valence-corrected chi connectivity index (χ2v) is 9.20. The average molecular weight is 477 g/mol. The van der Waals surface area contributed by atoms with Crippen LogP contribution in [-0.4, -0.2) is 65.5 Å². The summed E-state index contributed by atoms with van der Waals surface area (Å²) in [5.74, 6) is 2.57. The molecule has 1 fully saturated rings. The topological polar surface area (TPSA) is 68.5 Å². The van der Waals surface area contributed by atoms with Crippen molar-refractivity contribution in [2.45, 2.75) is 12.6 Å². The Kier molecular flexibility index (Phi) is 6.73. The Morgan fingerprint density at radius 3 is 2.18 bits per heavy atom. The lowest BCUT2D eigenvalue weighted by molar-refractivity contribution is 0.201. The van der Waals surface area contributed by atoms with Gasteiger partial charge in [0.15, 0.2) is 5.82 Å². The summed E-state index contributed by atoms with van der Waals surface area (Å²) in [4.78, 5) is 6.11. The second kappa shape index (κ2) is 10.2. The molecule has 1 aliphatic heterocycles. The van der Waals surface area contributed by atoms with Crippen LogP contribution in [0, 0.1) is 0 Å². The molecule has 0 saturated carbocycles. The molecule has 2 aromatic heterocycles. The van der Waals surface area contributed by atoms with Gasteiger partial charge < -0.3 is 14.4 Å². The van der Waals surface area contributed by atoms with E-state index in [9.17, 15) is 0 Å². The monoisotopic (exact) mass is 476 g/mol. The first-order valence-corrected chi connectivity index (χ1v) is 12.2. The molecular weight excluding hydrogens is 448 g/mol. The van der Waals surface area contributed by atoms with Crippen molar-refractivity contribution < 1.29 is 9.47 Å². The van der Waals surface area contributed by atoms with Gasteiger partial charge in [-0.25, -0.2) is 4.68 Å². The minimum absolute atomic E-state index is 0.0427. The zero-order valence-electron chi connectivity index (χ0n) is 19.4. The van der Waals surface area contributed by atoms with E-state index >= 15 is 0 Å². The van der Waals surface area contributed by atoms with Gasteiger partial charge in [-0.2, -0.15) is 0 Å². The van der Waals surface area contributed by atoms with E-state index in [1.54, 1.807) is 25.6 Å². The van der Waals surface area contributed by atoms with Crippen LogP contribution in [0.5, 0.6) is 11.5 Å². The smallest absolute Gasteiger partial charge is 0.173 e. The van der Waals surface area contributed by atoms with E-state index in [2.05, 4.69) is 67.1 Å². The van der Waals surface area contributed by atoms with Gasteiger partial charge in [-0.15, -0.1) is 16.4 Å². The number of nitrogens with zero attached hydrogens (tertiary/aromatic N) is 6. The van der Waals surface area contributed by atoms with Crippen molar-refractivity contribution in [3.63, 3.8) is 0 Å². The molecule has 0 aliphatic carbocycles. The SMILES string of the molecule is COc1ccc([C@H](c2nnnn2Cc2cccs2)N2CCN(c3ccc(OC)cc3)CC2)cc1. The Hall–Kier alpha value is -3.43. The Labute approximate surface area is 203 Å². The maximum atomic E-state index is 5.39. The quantitative estimate of drug-likeness (QED) is 0.384. The van der Waals surface area contributed by atoms with Gasteiger partial charge in [0.25, 0.3) is 0 Å². The van der Waals surface area contributed by atoms with Gasteiger partial charge in [0.2, 0.25) is 0 Å². The molecule has 3 heterocycles. The summed E-state index contributed by atoms with van der Waals surface area (Å²) in [6.45, 7) is 4.30. The van der Waals surface area contributed by atoms with Crippen molar-refractivity contribution >= 4 is 17.0 Å². The van der Waals surface area contributed by atoms with Crippen LogP contribution in [0.2, 0.25) is 0 Å². The van der Waals surface area contributed by atoms with E-state index < -0.39 is 0 Å². The molecule has 0 radical (unpaired) electrons. The predicted molar refractivity (Wildman–Crippen MR) is 133 cm³/mol. The molecule has 9 heteroatoms. The molecule has 34 heavy (non-hydrogen) atoms. The highest BCUT2D eigenvalue weighted by Gasteiger charge is 2.31. The fourth-order valence-corrected chi connectivity index (χ4v) is 5.10. The number of hydrogen-bond acceptors (Lipinski definition) is 8. The van der Waals surface area contributed by atoms with Gasteiger partial charge in [-0.1, -0.05) is 18.2 Å². The summed E-state index contributed by atoms with van der Waals surface area (Å²) in [5.41, 5.74) is 2.37. The van der Waals surface area contributed by atoms with E-state index in [1.165, 1.54) is 10.6 Å². The molecule has 2 aromatic carbocycles. The Morgan fingerprint density at radius 2 is 1.56 bits per heavy atom. The van der Waals surface area contributed by atoms with Crippen LogP contribution >= 0.6 is 11.3 Å². The van der Waals surface area contributed by atoms with Crippen molar-refractivity contribution in [2.75, 3.05) is 45.3 Å². The lowest BCUT2D eigenvalue weighted by Gasteiger charge is -2.40. The summed E-state index contributed by atoms with van der Waals surface area (Å²) in [6.07, 6.45) is 0. The lowest BCUT2D eigenvalue weighted by Crippen LogP contribution is -2.48. The van der Waals surface area contributed by atoms with Gasteiger partial charge in [-0.3, -0.25) is 4.90 Å². The summed E-state index contributed by atoms with van der Waals surface area (Å²) >= 11 is 1.72. The molecule has 176 valence electrons. The fraction of sp³-hybridized carbons (Fsp3) is 0.320. The van der Waals surface area contributed by atoms with Crippen LogP contribution in [0.1, 0.15) is 22.3 Å². The number of piperazine rings is 1. The van der Waals surface area contributed by atoms with Gasteiger partial charge >= 0.3 is 0 Å². The molecule has 0 bridgehead atoms. The number of methoxy groups -OCH3 is 2. The van der Waals surface area contributed by atoms with Crippen LogP contribution in [0.3, 0.4) is 0 Å². The molecular formula is C25H28N6O2S. The van der Waals surface area contributed by atoms with E-state index in [0.717, 1.165) is 49.1 Å². The number of ether oxygens (including phenoxy) is 2. The maximum absolute atomic E-state index is 5.39. The zero-order valence-corrected chi connectivity index (χ0v) is 20.2. The highest BCUT2D eigenvalue weighted by molar-refractivity contribution is 7.09. The fourth-order valence-electron chi connectivity index (χ4n) is 4.41. The molecule has 1 saturated heterocycles. The summed E-state index contributed by atoms with van der Waals surface area (Å²) in [5, 5.41) is 15.0. The second-order valence-electron chi connectivity index (χ2n) is 8.17. The number of thiophene rings is 1. The molecule has 0 N–H and O–H groups in total. The van der Waals surface area contributed by atoms with E-state index in [-0.39, 0.29) is 6.04 Å². The normalized spacial score (nSPS) is 15.3. The highest BCUT2D eigenvalue weighted by atomic mass is 32.1. The van der Waals surface area contributed by atoms with E-state index in [0.29, 0.717) is 6.54 Å². The van der Waals surface area contributed by atoms with Crippen LogP contribution in [0.15, 0.2) is 66.0 Å². The van der Waals surface area contributed by atoms with E-state index in [1.807, 2.05) is 28.9 Å². The number of aromatic nitrogens is 4. The van der Waals surface area contributed by atoms with Gasteiger partial charge in [0.1, 0.15) is 11.5 Å². The van der Waals surface area contributed by atoms with Gasteiger partial charge in [-0.05, 0) is 63.8 Å². The Bertz CT molecular complexity index is 1170. The minimum Gasteiger partial charge on any atom is -0.497 e. The average Bonchev–Trinajstić information content (AvgIpc) is 3.58. The molecule has 0 spiro atoms. The molecule has 8 nitrogen and oxygen atoms in total. The molecule has 0 amide bonds. The molecule has 1 aliphatic rings.